The van der Waals surface area contributed by atoms with Crippen molar-refractivity contribution in [2.75, 3.05) is 0 Å². The maximum absolute atomic E-state index is 11.1. The van der Waals surface area contributed by atoms with Gasteiger partial charge in [0.05, 0.1) is 32.7 Å². The summed E-state index contributed by atoms with van der Waals surface area (Å²) in [5.41, 5.74) is -3.26. The summed E-state index contributed by atoms with van der Waals surface area (Å²) < 4.78 is 0. The number of hydrogen-bond acceptors (Lipinski definition) is 7. The van der Waals surface area contributed by atoms with Crippen LogP contribution in [0.25, 0.3) is 0 Å². The van der Waals surface area contributed by atoms with Gasteiger partial charge in [0, 0.05) is 0 Å². The number of non-ortho nitro benzene ring substituents is 1. The Morgan fingerprint density at radius 2 is 1.22 bits per heavy atom. The van der Waals surface area contributed by atoms with E-state index < -0.39 is 37.6 Å². The Bertz CT molecular complexity index is 479. The smallest absolute Gasteiger partial charge is 1.00 e. The molecule has 1 rings (SSSR count). The SMILES string of the molecule is O=[N+]([O-])c1cc([N+](=O)[O-])c([O-])c([N+](=O)[O-])c1.[H-].[K+].[Na+]. The molecular weight excluding hydrogens is 288 g/mol. The van der Waals surface area contributed by atoms with Gasteiger partial charge in [-0.1, -0.05) is 0 Å². The first-order valence-corrected chi connectivity index (χ1v) is 3.63. The molecule has 0 unspecified atom stereocenters. The zero-order valence-corrected chi connectivity index (χ0v) is 14.5. The maximum atomic E-state index is 11.1. The molecule has 0 amide bonds. The van der Waals surface area contributed by atoms with Crippen LogP contribution < -0.4 is 86.0 Å². The van der Waals surface area contributed by atoms with Crippen LogP contribution >= 0.6 is 0 Å². The summed E-state index contributed by atoms with van der Waals surface area (Å²) in [5, 5.41) is 42.1. The fourth-order valence-corrected chi connectivity index (χ4v) is 0.961. The van der Waals surface area contributed by atoms with Crippen molar-refractivity contribution >= 4 is 17.1 Å². The van der Waals surface area contributed by atoms with E-state index in [1.807, 2.05) is 0 Å². The number of rotatable bonds is 3. The molecule has 0 saturated heterocycles. The van der Waals surface area contributed by atoms with Gasteiger partial charge in [0.15, 0.2) is 0 Å². The molecule has 0 saturated carbocycles. The molecule has 12 heteroatoms. The quantitative estimate of drug-likeness (QED) is 0.306. The Labute approximate surface area is 165 Å². The van der Waals surface area contributed by atoms with E-state index in [9.17, 15) is 35.4 Å². The van der Waals surface area contributed by atoms with Crippen molar-refractivity contribution in [1.82, 2.24) is 0 Å². The summed E-state index contributed by atoms with van der Waals surface area (Å²) in [6, 6.07) is 0.769. The van der Waals surface area contributed by atoms with Crippen molar-refractivity contribution in [1.29, 1.82) is 0 Å². The van der Waals surface area contributed by atoms with Crippen molar-refractivity contribution in [2.45, 2.75) is 0 Å². The Morgan fingerprint density at radius 3 is 1.44 bits per heavy atom. The van der Waals surface area contributed by atoms with Gasteiger partial charge in [-0.15, -0.1) is 0 Å². The van der Waals surface area contributed by atoms with Crippen LogP contribution in [0.4, 0.5) is 17.1 Å². The van der Waals surface area contributed by atoms with Crippen LogP contribution in [0, 0.1) is 30.3 Å². The molecular formula is C6H3KN3NaO7. The van der Waals surface area contributed by atoms with E-state index in [-0.39, 0.29) is 82.4 Å². The molecule has 0 aromatic heterocycles. The van der Waals surface area contributed by atoms with E-state index in [1.165, 1.54) is 0 Å². The molecule has 0 heterocycles. The van der Waals surface area contributed by atoms with Gasteiger partial charge in [-0.2, -0.15) is 0 Å². The van der Waals surface area contributed by atoms with E-state index in [0.717, 1.165) is 0 Å². The summed E-state index contributed by atoms with van der Waals surface area (Å²) in [4.78, 5) is 27.5. The molecule has 0 aliphatic heterocycles. The van der Waals surface area contributed by atoms with Gasteiger partial charge in [0.25, 0.3) is 17.1 Å². The van der Waals surface area contributed by atoms with Crippen LogP contribution in [0.1, 0.15) is 1.43 Å². The van der Waals surface area contributed by atoms with Gasteiger partial charge in [-0.05, 0) is 0 Å². The number of benzene rings is 1. The monoisotopic (exact) mass is 291 g/mol. The predicted octanol–water partition coefficient (Wildman–Crippen LogP) is -5.39. The van der Waals surface area contributed by atoms with E-state index in [2.05, 4.69) is 0 Å². The molecule has 0 radical (unpaired) electrons. The van der Waals surface area contributed by atoms with E-state index in [4.69, 9.17) is 0 Å². The minimum atomic E-state index is -1.46. The van der Waals surface area contributed by atoms with Crippen molar-refractivity contribution in [2.24, 2.45) is 0 Å². The molecule has 1 aromatic rings. The summed E-state index contributed by atoms with van der Waals surface area (Å²) in [6.45, 7) is 0. The molecule has 0 aliphatic carbocycles. The fraction of sp³-hybridized carbons (Fsp3) is 0. The number of nitro benzene ring substituents is 3. The Balaban J connectivity index is -0.000000853. The van der Waals surface area contributed by atoms with Crippen LogP contribution in [-0.2, 0) is 0 Å². The molecule has 0 bridgehead atoms. The molecule has 86 valence electrons. The summed E-state index contributed by atoms with van der Waals surface area (Å²) in [7, 11) is 0. The largest absolute Gasteiger partial charge is 1.00 e. The second kappa shape index (κ2) is 8.11. The summed E-state index contributed by atoms with van der Waals surface area (Å²) >= 11 is 0. The van der Waals surface area contributed by atoms with Crippen molar-refractivity contribution in [3.05, 3.63) is 42.5 Å². The fourth-order valence-electron chi connectivity index (χ4n) is 0.961. The summed E-state index contributed by atoms with van der Waals surface area (Å²) in [5.74, 6) is -1.46. The van der Waals surface area contributed by atoms with E-state index in [0.29, 0.717) is 12.1 Å². The molecule has 0 N–H and O–H groups in total. The zero-order valence-electron chi connectivity index (χ0n) is 10.4. The van der Waals surface area contributed by atoms with Crippen LogP contribution in [-0.4, -0.2) is 14.8 Å². The normalized spacial score (nSPS) is 8.67. The molecule has 10 nitrogen and oxygen atoms in total. The molecule has 0 spiro atoms. The van der Waals surface area contributed by atoms with Gasteiger partial charge in [0.2, 0.25) is 0 Å². The third-order valence-corrected chi connectivity index (χ3v) is 1.64. The van der Waals surface area contributed by atoms with E-state index >= 15 is 0 Å². The molecule has 0 atom stereocenters. The zero-order chi connectivity index (χ0) is 12.5. The predicted molar refractivity (Wildman–Crippen MR) is 47.0 cm³/mol. The first kappa shape index (κ1) is 20.2. The van der Waals surface area contributed by atoms with Gasteiger partial charge in [-0.25, -0.2) is 0 Å². The van der Waals surface area contributed by atoms with Gasteiger partial charge < -0.3 is 6.53 Å². The minimum absolute atomic E-state index is 0. The van der Waals surface area contributed by atoms with Crippen LogP contribution in [0.2, 0.25) is 0 Å². The second-order valence-electron chi connectivity index (χ2n) is 2.58. The van der Waals surface area contributed by atoms with Crippen LogP contribution in [0.5, 0.6) is 5.75 Å². The topological polar surface area (TPSA) is 152 Å². The van der Waals surface area contributed by atoms with Crippen molar-refractivity contribution < 1.29 is 102 Å². The molecule has 0 aliphatic rings. The Morgan fingerprint density at radius 1 is 0.889 bits per heavy atom. The number of hydrogen-bond donors (Lipinski definition) is 0. The third kappa shape index (κ3) is 4.51. The molecule has 1 aromatic carbocycles. The van der Waals surface area contributed by atoms with Crippen molar-refractivity contribution in [3.8, 4) is 5.75 Å². The number of nitrogens with zero attached hydrogens (tertiary/aromatic N) is 3. The first-order valence-electron chi connectivity index (χ1n) is 3.63. The van der Waals surface area contributed by atoms with Gasteiger partial charge in [0.1, 0.15) is 0 Å². The van der Waals surface area contributed by atoms with Crippen LogP contribution in [0.15, 0.2) is 12.1 Å². The number of nitro groups is 3. The van der Waals surface area contributed by atoms with Gasteiger partial charge >= 0.3 is 80.9 Å². The minimum Gasteiger partial charge on any atom is -1.00 e. The summed E-state index contributed by atoms with van der Waals surface area (Å²) in [6.07, 6.45) is 0. The van der Waals surface area contributed by atoms with Crippen LogP contribution in [0.3, 0.4) is 0 Å². The molecule has 0 fully saturated rings. The standard InChI is InChI=1S/C6H3N3O7.K.Na.H/c10-6-4(8(13)14)1-3(7(11)12)2-5(6)9(15)16;;;/h1-2,10H;;;/q;2*+1;-1/p-1. The average molecular weight is 291 g/mol. The van der Waals surface area contributed by atoms with Gasteiger partial charge in [-0.3, -0.25) is 30.3 Å². The second-order valence-corrected chi connectivity index (χ2v) is 2.58. The maximum Gasteiger partial charge on any atom is 1.00 e. The third-order valence-electron chi connectivity index (χ3n) is 1.64. The average Bonchev–Trinajstić information content (AvgIpc) is 2.16. The molecule has 18 heavy (non-hydrogen) atoms. The van der Waals surface area contributed by atoms with Crippen molar-refractivity contribution in [3.63, 3.8) is 0 Å². The Hall–Kier alpha value is -0.144. The van der Waals surface area contributed by atoms with E-state index in [1.54, 1.807) is 0 Å². The first-order chi connectivity index (χ1) is 7.34. The Kier molecular flexibility index (Phi) is 9.09.